The predicted molar refractivity (Wildman–Crippen MR) is 379 cm³/mol. The summed E-state index contributed by atoms with van der Waals surface area (Å²) in [7, 11) is 1.94. The third-order valence-electron chi connectivity index (χ3n) is 18.2. The standard InChI is InChI=1S/C71H104N14O16S/c1-9-32-84(68(95)61(45(7)10-2)80-65(93)54-22-15-17-33-83(54)8)55(43(3)4)40-56(86)67-78-53(42-102-67)64(92)76-49-38-47-19-13-14-20-50(47)51(39-49)62(90)81-82-71(98)100-37-36-99-35-31-74-70(97)101-41-46-24-26-48(27-25-46)75-63(91)52(21-18-30-73-69(72)96)77-66(94)60(44(5)6)79-57(87)23-12-11-16-34-85-58(88)28-29-59(85)89/h13-14,19-20,24-29,42-45,49,51-52,54-56,60-61,86H,9-12,15-18,21-23,30-41H2,1-8H3,(H,74,97)(H,75,91)(H,76,92)(H,77,94)(H,79,87)(H,80,93)(H,81,90)(H,82,98)(H3,72,73,96)/t45-,49-,51+,52-,54+,55?,56?,60?,61-/m0/s1. The van der Waals surface area contributed by atoms with E-state index in [-0.39, 0.29) is 137 Å². The second-order valence-electron chi connectivity index (χ2n) is 26.7. The number of alkyl carbamates (subject to hydrolysis) is 1. The van der Waals surface area contributed by atoms with Crippen LogP contribution in [0.3, 0.4) is 0 Å². The van der Waals surface area contributed by atoms with Crippen molar-refractivity contribution in [2.75, 3.05) is 64.9 Å². The van der Waals surface area contributed by atoms with Gasteiger partial charge in [-0.1, -0.05) is 104 Å². The van der Waals surface area contributed by atoms with E-state index in [4.69, 9.17) is 19.9 Å². The molecule has 3 aromatic rings. The first kappa shape index (κ1) is 81.9. The number of nitrogens with two attached hydrogens (primary N) is 1. The molecular formula is C71H104N14O16S. The fourth-order valence-corrected chi connectivity index (χ4v) is 13.1. The Balaban J connectivity index is 0.883. The number of likely N-dealkylation sites (tertiary alicyclic amines) is 1. The molecule has 0 saturated carbocycles. The normalized spacial score (nSPS) is 17.6. The first-order chi connectivity index (χ1) is 48.8. The number of fused-ring (bicyclic) bond motifs is 1. The fourth-order valence-electron chi connectivity index (χ4n) is 12.4. The maximum atomic E-state index is 14.6. The lowest BCUT2D eigenvalue weighted by Crippen LogP contribution is -2.58. The molecule has 0 bridgehead atoms. The number of amides is 13. The summed E-state index contributed by atoms with van der Waals surface area (Å²) in [5.41, 5.74) is 12.5. The van der Waals surface area contributed by atoms with Crippen LogP contribution in [0.5, 0.6) is 0 Å². The molecule has 1 fully saturated rings. The number of anilines is 1. The summed E-state index contributed by atoms with van der Waals surface area (Å²) in [5.74, 6) is -5.03. The van der Waals surface area contributed by atoms with Crippen LogP contribution >= 0.6 is 11.3 Å². The molecule has 13 amide bonds. The topological polar surface area (TPSA) is 410 Å². The molecule has 2 aliphatic heterocycles. The molecule has 3 unspecified atom stereocenters. The number of imide groups is 1. The molecular weight excluding hydrogens is 1340 g/mol. The summed E-state index contributed by atoms with van der Waals surface area (Å²) in [6.07, 6.45) is 6.37. The SMILES string of the molecule is CCCN(C(=O)[C@@H](NC(=O)[C@H]1CCCCN1C)[C@@H](C)CC)C(CC(O)c1nc(C(=O)N[C@H]2Cc3ccccc3[C@H](C(=O)NNC(=O)OCCOCCNC(=O)OCc3ccc(NC(=O)[C@H](CCCNC(N)=O)NC(=O)C(NC(=O)CCCCCN4C(=O)C=CC4=O)C(C)C)cc3)C2)cs1)C(C)C. The molecule has 6 rings (SSSR count). The van der Waals surface area contributed by atoms with Crippen molar-refractivity contribution in [2.45, 2.75) is 193 Å². The van der Waals surface area contributed by atoms with E-state index in [1.807, 2.05) is 64.8 Å². The van der Waals surface area contributed by atoms with Crippen LogP contribution in [0, 0.1) is 17.8 Å². The zero-order chi connectivity index (χ0) is 74.4. The van der Waals surface area contributed by atoms with E-state index in [9.17, 15) is 62.6 Å². The molecule has 1 aliphatic carbocycles. The van der Waals surface area contributed by atoms with Crippen LogP contribution in [0.15, 0.2) is 66.1 Å². The third kappa shape index (κ3) is 25.8. The monoisotopic (exact) mass is 1440 g/mol. The summed E-state index contributed by atoms with van der Waals surface area (Å²) < 4.78 is 16.0. The number of rotatable bonds is 39. The van der Waals surface area contributed by atoms with Gasteiger partial charge in [0.05, 0.1) is 25.2 Å². The molecule has 1 aromatic heterocycles. The number of carbonyl (C=O) groups excluding carboxylic acids is 12. The van der Waals surface area contributed by atoms with Crippen molar-refractivity contribution >= 4 is 88.4 Å². The average Bonchev–Trinajstić information content (AvgIpc) is 1.54. The van der Waals surface area contributed by atoms with Crippen LogP contribution < -0.4 is 53.8 Å². The highest BCUT2D eigenvalue weighted by molar-refractivity contribution is 7.09. The first-order valence-corrected chi connectivity index (χ1v) is 36.3. The molecule has 0 spiro atoms. The zero-order valence-electron chi connectivity index (χ0n) is 59.8. The minimum atomic E-state index is -1.11. The Morgan fingerprint density at radius 3 is 2.20 bits per heavy atom. The number of unbranched alkanes of at least 4 members (excludes halogenated alkanes) is 2. The van der Waals surface area contributed by atoms with Gasteiger partial charge in [-0.25, -0.2) is 24.8 Å². The lowest BCUT2D eigenvalue weighted by Gasteiger charge is -2.39. The van der Waals surface area contributed by atoms with E-state index < -0.39 is 84.1 Å². The molecule has 30 nitrogen and oxygen atoms in total. The van der Waals surface area contributed by atoms with Crippen molar-refractivity contribution in [3.05, 3.63) is 93.5 Å². The highest BCUT2D eigenvalue weighted by Crippen LogP contribution is 2.33. The van der Waals surface area contributed by atoms with Gasteiger partial charge in [0.15, 0.2) is 0 Å². The number of carbonyl (C=O) groups is 12. The Kier molecular flexibility index (Phi) is 33.5. The van der Waals surface area contributed by atoms with Crippen LogP contribution in [0.4, 0.5) is 20.1 Å². The molecule has 31 heteroatoms. The first-order valence-electron chi connectivity index (χ1n) is 35.4. The second kappa shape index (κ2) is 41.7. The second-order valence-corrected chi connectivity index (χ2v) is 27.6. The molecule has 102 heavy (non-hydrogen) atoms. The van der Waals surface area contributed by atoms with Gasteiger partial charge in [0, 0.05) is 74.3 Å². The van der Waals surface area contributed by atoms with Gasteiger partial charge in [-0.3, -0.25) is 58.4 Å². The lowest BCUT2D eigenvalue weighted by atomic mass is 9.79. The van der Waals surface area contributed by atoms with Crippen molar-refractivity contribution in [1.82, 2.24) is 62.4 Å². The van der Waals surface area contributed by atoms with Gasteiger partial charge in [0.25, 0.3) is 17.7 Å². The maximum absolute atomic E-state index is 14.6. The van der Waals surface area contributed by atoms with Gasteiger partial charge in [0.2, 0.25) is 35.4 Å². The van der Waals surface area contributed by atoms with E-state index in [1.165, 1.54) is 12.2 Å². The van der Waals surface area contributed by atoms with Crippen molar-refractivity contribution in [3.63, 3.8) is 0 Å². The molecule has 12 N–H and O–H groups in total. The van der Waals surface area contributed by atoms with Gasteiger partial charge in [-0.2, -0.15) is 0 Å². The summed E-state index contributed by atoms with van der Waals surface area (Å²) in [5, 5.41) is 33.0. The Morgan fingerprint density at radius 2 is 1.51 bits per heavy atom. The molecule has 0 radical (unpaired) electrons. The fraction of sp³-hybridized carbons (Fsp3) is 0.592. The summed E-state index contributed by atoms with van der Waals surface area (Å²) in [4.78, 5) is 166. The molecule has 2 aromatic carbocycles. The number of aromatic nitrogens is 1. The van der Waals surface area contributed by atoms with Gasteiger partial charge in [-0.05, 0) is 118 Å². The van der Waals surface area contributed by atoms with E-state index >= 15 is 0 Å². The minimum Gasteiger partial charge on any atom is -0.446 e. The number of hydrogen-bond acceptors (Lipinski definition) is 19. The van der Waals surface area contributed by atoms with Crippen molar-refractivity contribution in [2.24, 2.45) is 23.5 Å². The van der Waals surface area contributed by atoms with Crippen LogP contribution in [0.2, 0.25) is 0 Å². The number of hydrogen-bond donors (Lipinski definition) is 11. The van der Waals surface area contributed by atoms with Crippen molar-refractivity contribution in [1.29, 1.82) is 0 Å². The molecule has 9 atom stereocenters. The van der Waals surface area contributed by atoms with Crippen LogP contribution in [0.25, 0.3) is 0 Å². The summed E-state index contributed by atoms with van der Waals surface area (Å²) in [6.45, 7) is 14.7. The van der Waals surface area contributed by atoms with Gasteiger partial charge < -0.3 is 67.2 Å². The summed E-state index contributed by atoms with van der Waals surface area (Å²) >= 11 is 1.13. The van der Waals surface area contributed by atoms with Gasteiger partial charge in [-0.15, -0.1) is 11.3 Å². The Bertz CT molecular complexity index is 3350. The minimum absolute atomic E-state index is 0.0295. The number of urea groups is 1. The quantitative estimate of drug-likeness (QED) is 0.0206. The maximum Gasteiger partial charge on any atom is 0.426 e. The van der Waals surface area contributed by atoms with Crippen LogP contribution in [-0.4, -0.2) is 192 Å². The third-order valence-corrected chi connectivity index (χ3v) is 19.2. The van der Waals surface area contributed by atoms with Crippen LogP contribution in [-0.2, 0) is 65.6 Å². The van der Waals surface area contributed by atoms with Crippen molar-refractivity contribution < 1.29 is 76.9 Å². The highest BCUT2D eigenvalue weighted by atomic mass is 32.1. The number of nitrogens with zero attached hydrogens (tertiary/aromatic N) is 4. The van der Waals surface area contributed by atoms with Gasteiger partial charge >= 0.3 is 18.2 Å². The number of primary amides is 1. The van der Waals surface area contributed by atoms with Crippen LogP contribution in [0.1, 0.15) is 176 Å². The molecule has 3 aliphatic rings. The zero-order valence-corrected chi connectivity index (χ0v) is 60.6. The average molecular weight is 1440 g/mol. The van der Waals surface area contributed by atoms with E-state index in [1.54, 1.807) is 54.5 Å². The lowest BCUT2D eigenvalue weighted by molar-refractivity contribution is -0.142. The Morgan fingerprint density at radius 1 is 0.775 bits per heavy atom. The molecule has 3 heterocycles. The number of benzene rings is 2. The predicted octanol–water partition coefficient (Wildman–Crippen LogP) is 4.87. The Hall–Kier alpha value is -9.07. The van der Waals surface area contributed by atoms with Crippen molar-refractivity contribution in [3.8, 4) is 0 Å². The highest BCUT2D eigenvalue weighted by Gasteiger charge is 2.39. The number of ether oxygens (including phenoxy) is 3. The Labute approximate surface area is 600 Å². The molecule has 1 saturated heterocycles. The number of hydrazine groups is 1. The number of piperidine rings is 1. The number of nitrogens with one attached hydrogen (secondary N) is 9. The van der Waals surface area contributed by atoms with E-state index in [2.05, 4.69) is 53.1 Å². The van der Waals surface area contributed by atoms with E-state index in [0.29, 0.717) is 61.3 Å². The molecule has 560 valence electrons. The smallest absolute Gasteiger partial charge is 0.426 e. The largest absolute Gasteiger partial charge is 0.446 e. The number of thiazole rings is 1. The van der Waals surface area contributed by atoms with Gasteiger partial charge in [0.1, 0.15) is 48.1 Å². The number of likely N-dealkylation sites (N-methyl/N-ethyl adjacent to an activating group) is 1. The summed E-state index contributed by atoms with van der Waals surface area (Å²) in [6, 6.07) is 8.90. The van der Waals surface area contributed by atoms with E-state index in [0.717, 1.165) is 53.2 Å². The number of aliphatic hydroxyl groups excluding tert-OH is 1. The number of aliphatic hydroxyl groups is 1.